The predicted octanol–water partition coefficient (Wildman–Crippen LogP) is 5.89. The Kier molecular flexibility index (Phi) is 3.45. The zero-order valence-electron chi connectivity index (χ0n) is 13.8. The fourth-order valence-electron chi connectivity index (χ4n) is 3.19. The van der Waals surface area contributed by atoms with Crippen molar-refractivity contribution in [2.45, 2.75) is 13.8 Å². The van der Waals surface area contributed by atoms with Crippen LogP contribution in [-0.2, 0) is 0 Å². The molecule has 0 aliphatic rings. The minimum absolute atomic E-state index is 1.06. The summed E-state index contributed by atoms with van der Waals surface area (Å²) >= 11 is 0. The van der Waals surface area contributed by atoms with E-state index in [1.807, 2.05) is 13.8 Å². The summed E-state index contributed by atoms with van der Waals surface area (Å²) in [6.07, 6.45) is 0. The topological polar surface area (TPSA) is 0 Å². The maximum absolute atomic E-state index is 3.13. The molecule has 4 rings (SSSR count). The third-order valence-electron chi connectivity index (χ3n) is 4.29. The van der Waals surface area contributed by atoms with E-state index in [1.165, 1.54) is 32.3 Å². The van der Waals surface area contributed by atoms with E-state index in [0.717, 1.165) is 11.1 Å². The van der Waals surface area contributed by atoms with Crippen LogP contribution < -0.4 is 0 Å². The van der Waals surface area contributed by atoms with Crippen LogP contribution in [-0.4, -0.2) is 0 Å². The van der Waals surface area contributed by atoms with Crippen molar-refractivity contribution in [3.8, 4) is 23.7 Å². The lowest BCUT2D eigenvalue weighted by Gasteiger charge is -2.06. The molecule has 0 nitrogen and oxygen atoms in total. The van der Waals surface area contributed by atoms with E-state index < -0.39 is 0 Å². The van der Waals surface area contributed by atoms with Gasteiger partial charge in [-0.05, 0) is 94.7 Å². The van der Waals surface area contributed by atoms with Gasteiger partial charge in [-0.2, -0.15) is 0 Å². The van der Waals surface area contributed by atoms with Crippen LogP contribution >= 0.6 is 0 Å². The van der Waals surface area contributed by atoms with Crippen molar-refractivity contribution in [2.24, 2.45) is 0 Å². The summed E-state index contributed by atoms with van der Waals surface area (Å²) in [6, 6.07) is 21.8. The van der Waals surface area contributed by atoms with Crippen LogP contribution in [0.15, 0.2) is 60.7 Å². The molecule has 4 aromatic rings. The minimum atomic E-state index is 1.06. The first-order chi connectivity index (χ1) is 11.8. The average Bonchev–Trinajstić information content (AvgIpc) is 2.59. The van der Waals surface area contributed by atoms with Crippen LogP contribution in [0.25, 0.3) is 32.3 Å². The second-order valence-corrected chi connectivity index (χ2v) is 5.93. The van der Waals surface area contributed by atoms with Crippen molar-refractivity contribution in [1.82, 2.24) is 0 Å². The fourth-order valence-corrected chi connectivity index (χ4v) is 3.19. The third-order valence-corrected chi connectivity index (χ3v) is 4.29. The summed E-state index contributed by atoms with van der Waals surface area (Å²) in [5.74, 6) is 12.2. The van der Waals surface area contributed by atoms with E-state index >= 15 is 0 Å². The average molecular weight is 304 g/mol. The highest BCUT2D eigenvalue weighted by Gasteiger charge is 2.02. The first-order valence-corrected chi connectivity index (χ1v) is 8.04. The molecule has 0 aliphatic heterocycles. The lowest BCUT2D eigenvalue weighted by molar-refractivity contribution is 1.69. The van der Waals surface area contributed by atoms with E-state index in [9.17, 15) is 0 Å². The second-order valence-electron chi connectivity index (χ2n) is 5.93. The SMILES string of the molecule is CC#Cc1ccc2cc3cc4cc(C#CC)ccc4cc3cc2c1. The van der Waals surface area contributed by atoms with Gasteiger partial charge in [0.25, 0.3) is 0 Å². The van der Waals surface area contributed by atoms with Gasteiger partial charge in [0.15, 0.2) is 0 Å². The van der Waals surface area contributed by atoms with Gasteiger partial charge in [0.1, 0.15) is 0 Å². The zero-order chi connectivity index (χ0) is 16.5. The summed E-state index contributed by atoms with van der Waals surface area (Å²) in [5, 5.41) is 7.46. The van der Waals surface area contributed by atoms with Crippen LogP contribution in [0, 0.1) is 23.7 Å². The number of benzene rings is 4. The van der Waals surface area contributed by atoms with Gasteiger partial charge in [-0.25, -0.2) is 0 Å². The molecule has 0 heterocycles. The van der Waals surface area contributed by atoms with Gasteiger partial charge in [0, 0.05) is 11.1 Å². The molecule has 0 heteroatoms. The van der Waals surface area contributed by atoms with Crippen molar-refractivity contribution in [1.29, 1.82) is 0 Å². The van der Waals surface area contributed by atoms with Crippen molar-refractivity contribution in [3.05, 3.63) is 71.8 Å². The Morgan fingerprint density at radius 2 is 0.833 bits per heavy atom. The third kappa shape index (κ3) is 2.50. The first-order valence-electron chi connectivity index (χ1n) is 8.04. The van der Waals surface area contributed by atoms with E-state index in [4.69, 9.17) is 0 Å². The fraction of sp³-hybridized carbons (Fsp3) is 0.0833. The number of hydrogen-bond acceptors (Lipinski definition) is 0. The largest absolute Gasteiger partial charge is 0.101 e. The molecule has 0 bridgehead atoms. The molecule has 0 unspecified atom stereocenters. The lowest BCUT2D eigenvalue weighted by Crippen LogP contribution is -1.82. The van der Waals surface area contributed by atoms with Gasteiger partial charge in [-0.3, -0.25) is 0 Å². The van der Waals surface area contributed by atoms with Crippen molar-refractivity contribution in [2.75, 3.05) is 0 Å². The Labute approximate surface area is 142 Å². The Balaban J connectivity index is 1.99. The van der Waals surface area contributed by atoms with E-state index in [-0.39, 0.29) is 0 Å². The predicted molar refractivity (Wildman–Crippen MR) is 104 cm³/mol. The Morgan fingerprint density at radius 1 is 0.458 bits per heavy atom. The second kappa shape index (κ2) is 5.77. The Bertz CT molecular complexity index is 1120. The monoisotopic (exact) mass is 304 g/mol. The van der Waals surface area contributed by atoms with Crippen LogP contribution in [0.3, 0.4) is 0 Å². The maximum atomic E-state index is 3.13. The molecule has 0 spiro atoms. The Hall–Kier alpha value is -3.22. The van der Waals surface area contributed by atoms with Crippen molar-refractivity contribution < 1.29 is 0 Å². The first kappa shape index (κ1) is 14.4. The van der Waals surface area contributed by atoms with Crippen LogP contribution in [0.4, 0.5) is 0 Å². The quantitative estimate of drug-likeness (QED) is 0.281. The molecule has 0 saturated heterocycles. The van der Waals surface area contributed by atoms with Crippen LogP contribution in [0.2, 0.25) is 0 Å². The number of rotatable bonds is 0. The molecule has 112 valence electrons. The molecule has 24 heavy (non-hydrogen) atoms. The summed E-state index contributed by atoms with van der Waals surface area (Å²) in [7, 11) is 0. The maximum Gasteiger partial charge on any atom is 0.0251 e. The van der Waals surface area contributed by atoms with Gasteiger partial charge in [0.2, 0.25) is 0 Å². The smallest absolute Gasteiger partial charge is 0.0251 e. The summed E-state index contributed by atoms with van der Waals surface area (Å²) in [5.41, 5.74) is 2.13. The number of fused-ring (bicyclic) bond motifs is 3. The molecule has 0 fully saturated rings. The van der Waals surface area contributed by atoms with Gasteiger partial charge >= 0.3 is 0 Å². The Morgan fingerprint density at radius 3 is 1.25 bits per heavy atom. The van der Waals surface area contributed by atoms with Gasteiger partial charge in [-0.15, -0.1) is 11.8 Å². The zero-order valence-corrected chi connectivity index (χ0v) is 13.8. The highest BCUT2D eigenvalue weighted by atomic mass is 14.1. The van der Waals surface area contributed by atoms with Crippen molar-refractivity contribution >= 4 is 32.3 Å². The summed E-state index contributed by atoms with van der Waals surface area (Å²) < 4.78 is 0. The highest BCUT2D eigenvalue weighted by Crippen LogP contribution is 2.28. The van der Waals surface area contributed by atoms with Crippen molar-refractivity contribution in [3.63, 3.8) is 0 Å². The summed E-state index contributed by atoms with van der Waals surface area (Å²) in [4.78, 5) is 0. The highest BCUT2D eigenvalue weighted by molar-refractivity contribution is 6.05. The lowest BCUT2D eigenvalue weighted by atomic mass is 9.98. The molecule has 0 aromatic heterocycles. The van der Waals surface area contributed by atoms with Gasteiger partial charge in [0.05, 0.1) is 0 Å². The normalized spacial score (nSPS) is 10.2. The van der Waals surface area contributed by atoms with E-state index in [0.29, 0.717) is 0 Å². The van der Waals surface area contributed by atoms with E-state index in [1.54, 1.807) is 0 Å². The standard InChI is InChI=1S/C24H16/c1-3-5-17-7-9-19-13-24-16-22-12-18(6-4-2)8-10-20(22)14-23(24)15-21(19)11-17/h7-16H,1-2H3. The van der Waals surface area contributed by atoms with Gasteiger partial charge in [-0.1, -0.05) is 24.0 Å². The molecular weight excluding hydrogens is 288 g/mol. The van der Waals surface area contributed by atoms with Crippen LogP contribution in [0.5, 0.6) is 0 Å². The molecular formula is C24H16. The molecule has 4 aromatic carbocycles. The molecule has 0 radical (unpaired) electrons. The number of hydrogen-bond donors (Lipinski definition) is 0. The molecule has 0 saturated carbocycles. The molecule has 0 amide bonds. The summed E-state index contributed by atoms with van der Waals surface area (Å²) in [6.45, 7) is 3.74. The molecule has 0 aliphatic carbocycles. The van der Waals surface area contributed by atoms with E-state index in [2.05, 4.69) is 84.3 Å². The van der Waals surface area contributed by atoms with Gasteiger partial charge < -0.3 is 0 Å². The minimum Gasteiger partial charge on any atom is -0.101 e. The van der Waals surface area contributed by atoms with Crippen LogP contribution in [0.1, 0.15) is 25.0 Å². The molecule has 0 atom stereocenters. The molecule has 0 N–H and O–H groups in total.